The van der Waals surface area contributed by atoms with Crippen molar-refractivity contribution in [1.82, 2.24) is 14.8 Å². The van der Waals surface area contributed by atoms with Crippen molar-refractivity contribution in [2.45, 2.75) is 25.8 Å². The highest BCUT2D eigenvalue weighted by Gasteiger charge is 2.36. The number of thiazole rings is 1. The van der Waals surface area contributed by atoms with Crippen LogP contribution in [0.1, 0.15) is 24.8 Å². The summed E-state index contributed by atoms with van der Waals surface area (Å²) in [6.45, 7) is 3.70. The minimum Gasteiger partial charge on any atom is -0.510 e. The van der Waals surface area contributed by atoms with Gasteiger partial charge in [-0.15, -0.1) is 11.3 Å². The fraction of sp³-hybridized carbons (Fsp3) is 0.421. The smallest absolute Gasteiger partial charge is 0.409 e. The van der Waals surface area contributed by atoms with Gasteiger partial charge < -0.3 is 19.6 Å². The van der Waals surface area contributed by atoms with E-state index in [9.17, 15) is 9.90 Å². The van der Waals surface area contributed by atoms with E-state index in [2.05, 4.69) is 4.98 Å². The second kappa shape index (κ2) is 7.19. The van der Waals surface area contributed by atoms with E-state index in [0.717, 1.165) is 23.1 Å². The number of nitrogens with zero attached hydrogens (tertiary/aromatic N) is 3. The number of nitrogens with one attached hydrogen (secondary N) is 1. The number of amides is 1. The van der Waals surface area contributed by atoms with Gasteiger partial charge >= 0.3 is 6.09 Å². The van der Waals surface area contributed by atoms with Gasteiger partial charge in [-0.2, -0.15) is 0 Å². The molecule has 142 valence electrons. The van der Waals surface area contributed by atoms with Crippen molar-refractivity contribution in [3.05, 3.63) is 35.0 Å². The zero-order valence-corrected chi connectivity index (χ0v) is 16.0. The second-order valence-electron chi connectivity index (χ2n) is 6.70. The number of benzene rings is 1. The lowest BCUT2D eigenvalue weighted by molar-refractivity contribution is 0.0876. The number of piperidine rings is 1. The molecule has 4 rings (SSSR count). The van der Waals surface area contributed by atoms with Gasteiger partial charge in [-0.25, -0.2) is 9.78 Å². The number of fused-ring (bicyclic) bond motifs is 1. The third kappa shape index (κ3) is 3.25. The molecule has 0 radical (unpaired) electrons. The molecule has 2 aromatic rings. The van der Waals surface area contributed by atoms with Gasteiger partial charge in [0, 0.05) is 19.1 Å². The number of carbonyl (C=O) groups is 1. The first-order valence-electron chi connectivity index (χ1n) is 9.13. The Morgan fingerprint density at radius 2 is 2.11 bits per heavy atom. The molecule has 1 fully saturated rings. The number of aromatic nitrogens is 1. The van der Waals surface area contributed by atoms with Crippen molar-refractivity contribution in [2.75, 3.05) is 26.2 Å². The van der Waals surface area contributed by atoms with Crippen LogP contribution in [0.2, 0.25) is 0 Å². The first-order chi connectivity index (χ1) is 13.1. The Bertz CT molecular complexity index is 882. The molecule has 0 bridgehead atoms. The lowest BCUT2D eigenvalue weighted by Gasteiger charge is -2.37. The monoisotopic (exact) mass is 386 g/mol. The maximum absolute atomic E-state index is 11.9. The Morgan fingerprint density at radius 3 is 2.81 bits per heavy atom. The predicted octanol–water partition coefficient (Wildman–Crippen LogP) is 3.48. The molecule has 1 amide bonds. The van der Waals surface area contributed by atoms with E-state index in [1.54, 1.807) is 11.8 Å². The third-order valence-corrected chi connectivity index (χ3v) is 6.13. The molecule has 0 atom stereocenters. The van der Waals surface area contributed by atoms with Crippen molar-refractivity contribution in [2.24, 2.45) is 0 Å². The van der Waals surface area contributed by atoms with Crippen molar-refractivity contribution >= 4 is 39.1 Å². The summed E-state index contributed by atoms with van der Waals surface area (Å²) in [6, 6.07) is 7.95. The lowest BCUT2D eigenvalue weighted by atomic mass is 10.0. The van der Waals surface area contributed by atoms with E-state index in [0.29, 0.717) is 42.7 Å². The van der Waals surface area contributed by atoms with Crippen LogP contribution in [0, 0.1) is 5.41 Å². The van der Waals surface area contributed by atoms with Crippen LogP contribution in [-0.4, -0.2) is 64.1 Å². The second-order valence-corrected chi connectivity index (χ2v) is 7.73. The van der Waals surface area contributed by atoms with E-state index in [1.165, 1.54) is 11.3 Å². The Labute approximate surface area is 161 Å². The number of carbonyl (C=O) groups excluding carboxylic acids is 1. The van der Waals surface area contributed by atoms with Crippen LogP contribution < -0.4 is 0 Å². The molecule has 0 spiro atoms. The number of likely N-dealkylation sites (tertiary alicyclic amines) is 1. The molecule has 1 saturated heterocycles. The number of hydrogen-bond acceptors (Lipinski definition) is 6. The summed E-state index contributed by atoms with van der Waals surface area (Å²) in [7, 11) is 0. The number of rotatable bonds is 3. The molecule has 2 N–H and O–H groups in total. The number of ether oxygens (including phenoxy) is 1. The van der Waals surface area contributed by atoms with Crippen LogP contribution in [0.25, 0.3) is 15.8 Å². The molecule has 1 aromatic carbocycles. The molecular weight excluding hydrogens is 364 g/mol. The number of amidine groups is 1. The SMILES string of the molecule is CCOC(=O)N1CCC(N2CC(O)=C(c3nc4ccccc4s3)C2=N)CC1. The quantitative estimate of drug-likeness (QED) is 0.843. The van der Waals surface area contributed by atoms with E-state index in [4.69, 9.17) is 10.1 Å². The van der Waals surface area contributed by atoms with Gasteiger partial charge in [0.2, 0.25) is 0 Å². The first kappa shape index (κ1) is 17.8. The van der Waals surface area contributed by atoms with Crippen molar-refractivity contribution in [3.8, 4) is 0 Å². The highest BCUT2D eigenvalue weighted by molar-refractivity contribution is 7.19. The number of aliphatic hydroxyl groups excluding tert-OH is 1. The van der Waals surface area contributed by atoms with Gasteiger partial charge in [-0.3, -0.25) is 5.41 Å². The Hall–Kier alpha value is -2.61. The fourth-order valence-electron chi connectivity index (χ4n) is 3.69. The van der Waals surface area contributed by atoms with Crippen LogP contribution in [0.3, 0.4) is 0 Å². The van der Waals surface area contributed by atoms with Crippen molar-refractivity contribution < 1.29 is 14.6 Å². The van der Waals surface area contributed by atoms with E-state index in [1.807, 2.05) is 29.2 Å². The summed E-state index contributed by atoms with van der Waals surface area (Å²) in [4.78, 5) is 20.1. The zero-order chi connectivity index (χ0) is 19.0. The number of hydrogen-bond donors (Lipinski definition) is 2. The molecule has 0 saturated carbocycles. The predicted molar refractivity (Wildman–Crippen MR) is 105 cm³/mol. The van der Waals surface area contributed by atoms with Gasteiger partial charge in [-0.1, -0.05) is 12.1 Å². The average molecular weight is 386 g/mol. The summed E-state index contributed by atoms with van der Waals surface area (Å²) in [5.74, 6) is 0.521. The molecule has 0 unspecified atom stereocenters. The van der Waals surface area contributed by atoms with Crippen LogP contribution in [0.5, 0.6) is 0 Å². The maximum Gasteiger partial charge on any atom is 0.409 e. The molecule has 0 aliphatic carbocycles. The molecule has 2 aliphatic heterocycles. The standard InChI is InChI=1S/C19H22N4O3S/c1-2-26-19(25)22-9-7-12(8-10-22)23-11-14(24)16(17(23)20)18-21-13-5-3-4-6-15(13)27-18/h3-6,12,20,24H,2,7-11H2,1H3. The van der Waals surface area contributed by atoms with E-state index >= 15 is 0 Å². The molecule has 3 heterocycles. The maximum atomic E-state index is 11.9. The summed E-state index contributed by atoms with van der Waals surface area (Å²) in [5, 5.41) is 19.8. The highest BCUT2D eigenvalue weighted by Crippen LogP contribution is 2.35. The third-order valence-electron chi connectivity index (χ3n) is 5.07. The molecule has 8 heteroatoms. The molecule has 2 aliphatic rings. The van der Waals surface area contributed by atoms with Gasteiger partial charge in [0.05, 0.1) is 28.9 Å². The minimum atomic E-state index is -0.274. The molecule has 7 nitrogen and oxygen atoms in total. The summed E-state index contributed by atoms with van der Waals surface area (Å²) in [6.07, 6.45) is 1.23. The summed E-state index contributed by atoms with van der Waals surface area (Å²) >= 11 is 1.49. The normalized spacial score (nSPS) is 18.6. The van der Waals surface area contributed by atoms with E-state index < -0.39 is 0 Å². The number of para-hydroxylation sites is 1. The zero-order valence-electron chi connectivity index (χ0n) is 15.1. The van der Waals surface area contributed by atoms with Gasteiger partial charge in [0.15, 0.2) is 0 Å². The Morgan fingerprint density at radius 1 is 1.37 bits per heavy atom. The van der Waals surface area contributed by atoms with E-state index in [-0.39, 0.29) is 17.9 Å². The first-order valence-corrected chi connectivity index (χ1v) is 9.95. The number of aliphatic hydroxyl groups is 1. The van der Waals surface area contributed by atoms with Crippen LogP contribution in [0.4, 0.5) is 4.79 Å². The molecular formula is C19H22N4O3S. The largest absolute Gasteiger partial charge is 0.510 e. The molecule has 1 aromatic heterocycles. The fourth-order valence-corrected chi connectivity index (χ4v) is 4.72. The Kier molecular flexibility index (Phi) is 4.73. The average Bonchev–Trinajstić information content (AvgIpc) is 3.22. The molecule has 27 heavy (non-hydrogen) atoms. The Balaban J connectivity index is 1.47. The van der Waals surface area contributed by atoms with Gasteiger partial charge in [-0.05, 0) is 31.9 Å². The van der Waals surface area contributed by atoms with Crippen molar-refractivity contribution in [1.29, 1.82) is 5.41 Å². The van der Waals surface area contributed by atoms with Crippen molar-refractivity contribution in [3.63, 3.8) is 0 Å². The summed E-state index contributed by atoms with van der Waals surface area (Å²) in [5.41, 5.74) is 1.41. The van der Waals surface area contributed by atoms with Crippen LogP contribution >= 0.6 is 11.3 Å². The topological polar surface area (TPSA) is 89.8 Å². The van der Waals surface area contributed by atoms with Crippen LogP contribution in [-0.2, 0) is 4.74 Å². The van der Waals surface area contributed by atoms with Gasteiger partial charge in [0.1, 0.15) is 16.6 Å². The van der Waals surface area contributed by atoms with Gasteiger partial charge in [0.25, 0.3) is 0 Å². The highest BCUT2D eigenvalue weighted by atomic mass is 32.1. The lowest BCUT2D eigenvalue weighted by Crippen LogP contribution is -2.47. The van der Waals surface area contributed by atoms with Crippen LogP contribution in [0.15, 0.2) is 30.0 Å². The minimum absolute atomic E-state index is 0.122. The summed E-state index contributed by atoms with van der Waals surface area (Å²) < 4.78 is 6.10.